The lowest BCUT2D eigenvalue weighted by Gasteiger charge is -2.36. The van der Waals surface area contributed by atoms with Crippen molar-refractivity contribution in [2.75, 3.05) is 39.3 Å². The number of hydrogen-bond acceptors (Lipinski definition) is 3. The molecule has 1 saturated carbocycles. The molecule has 21 heavy (non-hydrogen) atoms. The van der Waals surface area contributed by atoms with E-state index in [1.807, 2.05) is 0 Å². The molecule has 0 amide bonds. The largest absolute Gasteiger partial charge is 0.314 e. The first kappa shape index (κ1) is 15.8. The van der Waals surface area contributed by atoms with E-state index < -0.39 is 0 Å². The molecule has 0 aromatic carbocycles. The minimum atomic E-state index is 0.793. The topological polar surface area (TPSA) is 18.5 Å². The fourth-order valence-electron chi connectivity index (χ4n) is 4.81. The highest BCUT2D eigenvalue weighted by Gasteiger charge is 2.31. The molecule has 1 N–H and O–H groups in total. The predicted molar refractivity (Wildman–Crippen MR) is 89.7 cm³/mol. The highest BCUT2D eigenvalue weighted by atomic mass is 15.3. The molecule has 0 bridgehead atoms. The van der Waals surface area contributed by atoms with Gasteiger partial charge in [-0.1, -0.05) is 19.8 Å². The van der Waals surface area contributed by atoms with Crippen molar-refractivity contribution in [2.45, 2.75) is 70.4 Å². The second-order valence-electron chi connectivity index (χ2n) is 7.55. The van der Waals surface area contributed by atoms with E-state index in [9.17, 15) is 0 Å². The molecule has 3 unspecified atom stereocenters. The third-order valence-corrected chi connectivity index (χ3v) is 5.95. The van der Waals surface area contributed by atoms with Gasteiger partial charge in [-0.25, -0.2) is 0 Å². The minimum Gasteiger partial charge on any atom is -0.314 e. The molecule has 2 saturated heterocycles. The van der Waals surface area contributed by atoms with Crippen molar-refractivity contribution in [3.63, 3.8) is 0 Å². The molecule has 0 aromatic heterocycles. The van der Waals surface area contributed by atoms with Crippen molar-refractivity contribution in [1.82, 2.24) is 15.1 Å². The van der Waals surface area contributed by atoms with Gasteiger partial charge in [-0.05, 0) is 70.6 Å². The molecule has 1 aliphatic carbocycles. The fourth-order valence-corrected chi connectivity index (χ4v) is 4.81. The Morgan fingerprint density at radius 3 is 2.71 bits per heavy atom. The van der Waals surface area contributed by atoms with Crippen molar-refractivity contribution in [3.8, 4) is 0 Å². The van der Waals surface area contributed by atoms with E-state index in [0.717, 1.165) is 18.0 Å². The monoisotopic (exact) mass is 293 g/mol. The fraction of sp³-hybridized carbons (Fsp3) is 1.00. The van der Waals surface area contributed by atoms with Gasteiger partial charge in [0.1, 0.15) is 0 Å². The average molecular weight is 293 g/mol. The molecule has 2 heterocycles. The predicted octanol–water partition coefficient (Wildman–Crippen LogP) is 2.71. The van der Waals surface area contributed by atoms with Gasteiger partial charge in [0, 0.05) is 25.2 Å². The number of hydrogen-bond donors (Lipinski definition) is 1. The lowest BCUT2D eigenvalue weighted by atomic mass is 9.84. The van der Waals surface area contributed by atoms with Gasteiger partial charge >= 0.3 is 0 Å². The first-order valence-corrected chi connectivity index (χ1v) is 9.56. The Labute approximate surface area is 131 Å². The summed E-state index contributed by atoms with van der Waals surface area (Å²) in [5.74, 6) is 0.901. The van der Waals surface area contributed by atoms with Gasteiger partial charge in [0.2, 0.25) is 0 Å². The van der Waals surface area contributed by atoms with Crippen LogP contribution in [0.15, 0.2) is 0 Å². The van der Waals surface area contributed by atoms with Gasteiger partial charge < -0.3 is 10.2 Å². The summed E-state index contributed by atoms with van der Waals surface area (Å²) in [5.41, 5.74) is 0. The highest BCUT2D eigenvalue weighted by molar-refractivity contribution is 4.88. The number of rotatable bonds is 5. The van der Waals surface area contributed by atoms with E-state index in [-0.39, 0.29) is 0 Å². The first-order chi connectivity index (χ1) is 10.4. The summed E-state index contributed by atoms with van der Waals surface area (Å²) in [6.07, 6.45) is 11.3. The Balaban J connectivity index is 1.53. The van der Waals surface area contributed by atoms with Gasteiger partial charge in [0.05, 0.1) is 0 Å². The van der Waals surface area contributed by atoms with E-state index in [4.69, 9.17) is 0 Å². The van der Waals surface area contributed by atoms with Gasteiger partial charge in [0.25, 0.3) is 0 Å². The van der Waals surface area contributed by atoms with Crippen molar-refractivity contribution in [1.29, 1.82) is 0 Å². The normalized spacial score (nSPS) is 35.6. The molecule has 0 radical (unpaired) electrons. The van der Waals surface area contributed by atoms with Crippen molar-refractivity contribution in [3.05, 3.63) is 0 Å². The van der Waals surface area contributed by atoms with Crippen LogP contribution in [0.4, 0.5) is 0 Å². The standard InChI is InChI=1S/C18H35N3/c1-2-10-19-18-9-4-3-7-16(18)14-20-11-6-13-21-12-5-8-17(21)15-20/h16-19H,2-15H2,1H3. The lowest BCUT2D eigenvalue weighted by Crippen LogP contribution is -2.46. The molecule has 3 nitrogen and oxygen atoms in total. The number of nitrogens with zero attached hydrogens (tertiary/aromatic N) is 2. The van der Waals surface area contributed by atoms with Crippen LogP contribution in [-0.4, -0.2) is 61.2 Å². The molecular formula is C18H35N3. The third kappa shape index (κ3) is 4.20. The van der Waals surface area contributed by atoms with Crippen LogP contribution in [0.3, 0.4) is 0 Å². The lowest BCUT2D eigenvalue weighted by molar-refractivity contribution is 0.156. The Morgan fingerprint density at radius 1 is 0.952 bits per heavy atom. The second kappa shape index (κ2) is 7.94. The molecule has 0 spiro atoms. The Morgan fingerprint density at radius 2 is 1.81 bits per heavy atom. The summed E-state index contributed by atoms with van der Waals surface area (Å²) in [4.78, 5) is 5.57. The smallest absolute Gasteiger partial charge is 0.0223 e. The van der Waals surface area contributed by atoms with Gasteiger partial charge in [-0.15, -0.1) is 0 Å². The average Bonchev–Trinajstić information content (AvgIpc) is 2.85. The Bertz CT molecular complexity index is 307. The van der Waals surface area contributed by atoms with Crippen LogP contribution in [0, 0.1) is 5.92 Å². The first-order valence-electron chi connectivity index (χ1n) is 9.56. The van der Waals surface area contributed by atoms with Crippen LogP contribution >= 0.6 is 0 Å². The van der Waals surface area contributed by atoms with Gasteiger partial charge in [0.15, 0.2) is 0 Å². The van der Waals surface area contributed by atoms with Crippen LogP contribution in [0.5, 0.6) is 0 Å². The summed E-state index contributed by atoms with van der Waals surface area (Å²) in [5, 5.41) is 3.84. The quantitative estimate of drug-likeness (QED) is 0.841. The summed E-state index contributed by atoms with van der Waals surface area (Å²) in [6.45, 7) is 10.2. The molecule has 3 rings (SSSR count). The zero-order valence-electron chi connectivity index (χ0n) is 14.0. The van der Waals surface area contributed by atoms with E-state index in [2.05, 4.69) is 22.0 Å². The SMILES string of the molecule is CCCNC1CCCCC1CN1CCCN2CCCC2C1. The molecule has 0 aromatic rings. The molecule has 3 aliphatic rings. The van der Waals surface area contributed by atoms with E-state index in [0.29, 0.717) is 0 Å². The third-order valence-electron chi connectivity index (χ3n) is 5.95. The summed E-state index contributed by atoms with van der Waals surface area (Å²) in [7, 11) is 0. The molecule has 122 valence electrons. The van der Waals surface area contributed by atoms with Crippen LogP contribution in [0.2, 0.25) is 0 Å². The highest BCUT2D eigenvalue weighted by Crippen LogP contribution is 2.27. The van der Waals surface area contributed by atoms with Crippen LogP contribution < -0.4 is 5.32 Å². The van der Waals surface area contributed by atoms with Crippen LogP contribution in [-0.2, 0) is 0 Å². The minimum absolute atomic E-state index is 0.793. The van der Waals surface area contributed by atoms with Crippen molar-refractivity contribution < 1.29 is 0 Å². The van der Waals surface area contributed by atoms with Gasteiger partial charge in [-0.2, -0.15) is 0 Å². The second-order valence-corrected chi connectivity index (χ2v) is 7.55. The number of nitrogens with one attached hydrogen (secondary N) is 1. The Hall–Kier alpha value is -0.120. The number of fused-ring (bicyclic) bond motifs is 1. The Kier molecular flexibility index (Phi) is 5.96. The molecule has 3 fully saturated rings. The van der Waals surface area contributed by atoms with Crippen LogP contribution in [0.1, 0.15) is 58.3 Å². The summed E-state index contributed by atoms with van der Waals surface area (Å²) >= 11 is 0. The zero-order chi connectivity index (χ0) is 14.5. The van der Waals surface area contributed by atoms with Gasteiger partial charge in [-0.3, -0.25) is 4.90 Å². The van der Waals surface area contributed by atoms with E-state index >= 15 is 0 Å². The van der Waals surface area contributed by atoms with Crippen molar-refractivity contribution in [2.24, 2.45) is 5.92 Å². The zero-order valence-corrected chi connectivity index (χ0v) is 14.0. The van der Waals surface area contributed by atoms with E-state index in [1.165, 1.54) is 90.6 Å². The maximum Gasteiger partial charge on any atom is 0.0223 e. The van der Waals surface area contributed by atoms with E-state index in [1.54, 1.807) is 0 Å². The maximum atomic E-state index is 3.84. The molecular weight excluding hydrogens is 258 g/mol. The molecule has 2 aliphatic heterocycles. The molecule has 3 heteroatoms. The summed E-state index contributed by atoms with van der Waals surface area (Å²) < 4.78 is 0. The maximum absolute atomic E-state index is 3.84. The molecule has 3 atom stereocenters. The van der Waals surface area contributed by atoms with Crippen LogP contribution in [0.25, 0.3) is 0 Å². The van der Waals surface area contributed by atoms with Crippen molar-refractivity contribution >= 4 is 0 Å². The summed E-state index contributed by atoms with van der Waals surface area (Å²) in [6, 6.07) is 1.67.